The molecule has 3 saturated heterocycles. The Labute approximate surface area is 253 Å². The molecule has 0 saturated carbocycles. The lowest BCUT2D eigenvalue weighted by molar-refractivity contribution is -0.120. The second-order valence-corrected chi connectivity index (χ2v) is 14.1. The number of aromatic amines is 1. The summed E-state index contributed by atoms with van der Waals surface area (Å²) in [7, 11) is 0. The number of pyridine rings is 1. The van der Waals surface area contributed by atoms with Crippen molar-refractivity contribution >= 4 is 33.2 Å². The zero-order chi connectivity index (χ0) is 29.2. The van der Waals surface area contributed by atoms with Gasteiger partial charge in [0.25, 0.3) is 0 Å². The van der Waals surface area contributed by atoms with Crippen molar-refractivity contribution in [3.05, 3.63) is 54.4 Å². The SMILES string of the molecule is O=C1CCCN2C3[C@@]4(C[C@@H]2CC1)CN1CCCC/C=C\CC[C@]3(O)C=C(c2nccc3c2[nH]c2ccc(O)cc23)C4CC1. The van der Waals surface area contributed by atoms with Gasteiger partial charge in [-0.3, -0.25) is 14.7 Å². The number of H-pyrrole nitrogens is 1. The van der Waals surface area contributed by atoms with Gasteiger partial charge in [0.05, 0.1) is 16.8 Å². The van der Waals surface area contributed by atoms with E-state index in [4.69, 9.17) is 4.98 Å². The van der Waals surface area contributed by atoms with Gasteiger partial charge in [0, 0.05) is 59.4 Å². The van der Waals surface area contributed by atoms with E-state index in [0.29, 0.717) is 31.1 Å². The van der Waals surface area contributed by atoms with Crippen molar-refractivity contribution in [1.82, 2.24) is 19.8 Å². The first-order valence-electron chi connectivity index (χ1n) is 16.6. The summed E-state index contributed by atoms with van der Waals surface area (Å²) in [6.07, 6.45) is 18.9. The fourth-order valence-corrected chi connectivity index (χ4v) is 9.90. The highest BCUT2D eigenvalue weighted by Gasteiger charge is 2.66. The number of hydrogen-bond donors (Lipinski definition) is 3. The van der Waals surface area contributed by atoms with Gasteiger partial charge in [-0.1, -0.05) is 12.2 Å². The van der Waals surface area contributed by atoms with Crippen LogP contribution in [0.5, 0.6) is 5.75 Å². The standard InChI is InChI=1S/C36H44N4O3/c41-25-8-7-18-40-24(9-10-25)21-35-23-39-17-6-4-2-1-3-5-15-36(43,34(35)40)22-29(30(35)14-19-39)32-33-27(13-16-37-32)28-20-26(42)11-12-31(28)38-33/h1,3,11-13,16,20,22,24,30,34,38,42-43H,2,4-10,14-15,17-19,21,23H2/b3-1-/t24-,30?,34?,35-,36-/m0/s1. The van der Waals surface area contributed by atoms with Gasteiger partial charge in [-0.15, -0.1) is 0 Å². The van der Waals surface area contributed by atoms with Gasteiger partial charge in [0.1, 0.15) is 11.5 Å². The number of phenols is 1. The van der Waals surface area contributed by atoms with Crippen LogP contribution in [-0.4, -0.2) is 79.6 Å². The maximum absolute atomic E-state index is 13.1. The van der Waals surface area contributed by atoms with Crippen molar-refractivity contribution in [2.45, 2.75) is 88.3 Å². The summed E-state index contributed by atoms with van der Waals surface area (Å²) < 4.78 is 0. The van der Waals surface area contributed by atoms with Crippen LogP contribution in [0.3, 0.4) is 0 Å². The number of aliphatic hydroxyl groups is 1. The molecule has 0 radical (unpaired) electrons. The fraction of sp³-hybridized carbons (Fsp3) is 0.556. The van der Waals surface area contributed by atoms with Gasteiger partial charge in [0.15, 0.2) is 0 Å². The second kappa shape index (κ2) is 10.6. The molecule has 1 spiro atoms. The maximum Gasteiger partial charge on any atom is 0.133 e. The number of Topliss-reactive ketones (excluding diaryl/α,β-unsaturated/α-hetero) is 1. The molecule has 8 rings (SSSR count). The number of fused-ring (bicyclic) bond motifs is 5. The number of aromatic hydroxyl groups is 1. The Bertz CT molecular complexity index is 1630. The predicted octanol–water partition coefficient (Wildman–Crippen LogP) is 5.96. The minimum Gasteiger partial charge on any atom is -0.508 e. The maximum atomic E-state index is 13.1. The minimum absolute atomic E-state index is 0.0303. The van der Waals surface area contributed by atoms with Crippen molar-refractivity contribution in [2.75, 3.05) is 26.2 Å². The molecule has 5 aliphatic rings. The molecule has 7 heteroatoms. The summed E-state index contributed by atoms with van der Waals surface area (Å²) in [4.78, 5) is 26.7. The Morgan fingerprint density at radius 3 is 2.81 bits per heavy atom. The quantitative estimate of drug-likeness (QED) is 0.308. The highest BCUT2D eigenvalue weighted by atomic mass is 16.3. The van der Waals surface area contributed by atoms with Crippen LogP contribution in [0.1, 0.15) is 76.3 Å². The summed E-state index contributed by atoms with van der Waals surface area (Å²) in [5.41, 5.74) is 2.98. The number of ketones is 1. The van der Waals surface area contributed by atoms with E-state index < -0.39 is 5.60 Å². The van der Waals surface area contributed by atoms with E-state index in [9.17, 15) is 15.0 Å². The normalized spacial score (nSPS) is 36.1. The zero-order valence-corrected chi connectivity index (χ0v) is 25.1. The molecular weight excluding hydrogens is 536 g/mol. The number of carbonyl (C=O) groups excluding carboxylic acids is 1. The van der Waals surface area contributed by atoms with Crippen LogP contribution < -0.4 is 0 Å². The van der Waals surface area contributed by atoms with Crippen LogP contribution in [0.4, 0.5) is 0 Å². The lowest BCUT2D eigenvalue weighted by atomic mass is 9.54. The van der Waals surface area contributed by atoms with E-state index in [1.165, 1.54) is 18.4 Å². The third kappa shape index (κ3) is 4.49. The number of rotatable bonds is 1. The molecule has 0 amide bonds. The molecular formula is C36H44N4O3. The summed E-state index contributed by atoms with van der Waals surface area (Å²) in [6.45, 7) is 4.04. The van der Waals surface area contributed by atoms with Crippen LogP contribution in [0.25, 0.3) is 27.4 Å². The molecule has 7 nitrogen and oxygen atoms in total. The van der Waals surface area contributed by atoms with Crippen LogP contribution >= 0.6 is 0 Å². The molecule has 1 aliphatic carbocycles. The van der Waals surface area contributed by atoms with E-state index in [1.54, 1.807) is 6.07 Å². The van der Waals surface area contributed by atoms with E-state index >= 15 is 0 Å². The number of carbonyl (C=O) groups is 1. The van der Waals surface area contributed by atoms with Gasteiger partial charge in [-0.05, 0) is 119 Å². The van der Waals surface area contributed by atoms with E-state index in [-0.39, 0.29) is 23.1 Å². The zero-order valence-electron chi connectivity index (χ0n) is 25.1. The number of phenolic OH excluding ortho intramolecular Hbond substituents is 1. The number of hydrogen-bond acceptors (Lipinski definition) is 6. The Balaban J connectivity index is 1.33. The first kappa shape index (κ1) is 27.5. The molecule has 1 aromatic carbocycles. The van der Waals surface area contributed by atoms with Crippen molar-refractivity contribution in [1.29, 1.82) is 0 Å². The number of nitrogens with one attached hydrogen (secondary N) is 1. The predicted molar refractivity (Wildman–Crippen MR) is 170 cm³/mol. The molecule has 3 bridgehead atoms. The summed E-state index contributed by atoms with van der Waals surface area (Å²) >= 11 is 0. The molecule has 3 fully saturated rings. The molecule has 4 aliphatic heterocycles. The molecule has 43 heavy (non-hydrogen) atoms. The largest absolute Gasteiger partial charge is 0.508 e. The Morgan fingerprint density at radius 2 is 1.88 bits per heavy atom. The lowest BCUT2D eigenvalue weighted by Crippen LogP contribution is -2.65. The van der Waals surface area contributed by atoms with Crippen LogP contribution in [0.2, 0.25) is 0 Å². The van der Waals surface area contributed by atoms with Crippen LogP contribution in [-0.2, 0) is 4.79 Å². The highest BCUT2D eigenvalue weighted by Crippen LogP contribution is 2.62. The van der Waals surface area contributed by atoms with Gasteiger partial charge in [0.2, 0.25) is 0 Å². The average molecular weight is 581 g/mol. The van der Waals surface area contributed by atoms with E-state index in [1.807, 2.05) is 24.4 Å². The van der Waals surface area contributed by atoms with E-state index in [2.05, 4.69) is 33.0 Å². The fourth-order valence-electron chi connectivity index (χ4n) is 9.90. The number of nitrogens with zero attached hydrogens (tertiary/aromatic N) is 3. The molecule has 3 aromatic rings. The molecule has 226 valence electrons. The smallest absolute Gasteiger partial charge is 0.133 e. The highest BCUT2D eigenvalue weighted by molar-refractivity contribution is 6.10. The van der Waals surface area contributed by atoms with Crippen molar-refractivity contribution in [3.63, 3.8) is 0 Å². The van der Waals surface area contributed by atoms with Crippen molar-refractivity contribution in [2.24, 2.45) is 11.3 Å². The molecule has 3 N–H and O–H groups in total. The first-order valence-corrected chi connectivity index (χ1v) is 16.6. The molecule has 6 atom stereocenters. The minimum atomic E-state index is -1.00. The number of aromatic nitrogens is 2. The van der Waals surface area contributed by atoms with Crippen LogP contribution in [0.15, 0.2) is 48.7 Å². The number of piperidine rings is 1. The Hall–Kier alpha value is -3.00. The Kier molecular flexibility index (Phi) is 6.77. The van der Waals surface area contributed by atoms with Gasteiger partial charge < -0.3 is 20.1 Å². The monoisotopic (exact) mass is 580 g/mol. The summed E-state index contributed by atoms with van der Waals surface area (Å²) in [6, 6.07) is 7.88. The first-order chi connectivity index (χ1) is 21.0. The molecule has 3 unspecified atom stereocenters. The van der Waals surface area contributed by atoms with Gasteiger partial charge in [-0.25, -0.2) is 0 Å². The number of allylic oxidation sites excluding steroid dienone is 3. The topological polar surface area (TPSA) is 92.7 Å². The summed E-state index contributed by atoms with van der Waals surface area (Å²) in [5.74, 6) is 0.929. The second-order valence-electron chi connectivity index (χ2n) is 14.1. The molecule has 6 heterocycles. The average Bonchev–Trinajstić information content (AvgIpc) is 3.51. The number of benzene rings is 1. The third-order valence-electron chi connectivity index (χ3n) is 11.5. The van der Waals surface area contributed by atoms with E-state index in [0.717, 1.165) is 92.2 Å². The third-order valence-corrected chi connectivity index (χ3v) is 11.5. The summed E-state index contributed by atoms with van der Waals surface area (Å²) in [5, 5.41) is 25.4. The van der Waals surface area contributed by atoms with Crippen molar-refractivity contribution < 1.29 is 15.0 Å². The van der Waals surface area contributed by atoms with Gasteiger partial charge in [-0.2, -0.15) is 0 Å². The molecule has 2 aromatic heterocycles. The lowest BCUT2D eigenvalue weighted by Gasteiger charge is -2.58. The van der Waals surface area contributed by atoms with Crippen LogP contribution in [0, 0.1) is 11.3 Å². The van der Waals surface area contributed by atoms with Crippen molar-refractivity contribution in [3.8, 4) is 5.75 Å². The Morgan fingerprint density at radius 1 is 0.977 bits per heavy atom. The van der Waals surface area contributed by atoms with Gasteiger partial charge >= 0.3 is 0 Å².